The van der Waals surface area contributed by atoms with E-state index in [-0.39, 0.29) is 0 Å². The summed E-state index contributed by atoms with van der Waals surface area (Å²) in [4.78, 5) is 11.8. The van der Waals surface area contributed by atoms with Gasteiger partial charge in [-0.05, 0) is 5.56 Å². The van der Waals surface area contributed by atoms with Gasteiger partial charge in [0.2, 0.25) is 5.88 Å². The Morgan fingerprint density at radius 2 is 2.12 bits per heavy atom. The lowest BCUT2D eigenvalue weighted by Crippen LogP contribution is -2.37. The summed E-state index contributed by atoms with van der Waals surface area (Å²) in [6.07, 6.45) is -2.33. The van der Waals surface area contributed by atoms with Gasteiger partial charge in [-0.15, -0.1) is 11.3 Å². The highest BCUT2D eigenvalue weighted by atomic mass is 32.1. The summed E-state index contributed by atoms with van der Waals surface area (Å²) in [6.45, 7) is 0.928. The van der Waals surface area contributed by atoms with Gasteiger partial charge in [-0.3, -0.25) is 4.99 Å². The van der Waals surface area contributed by atoms with Crippen molar-refractivity contribution in [1.82, 2.24) is 20.6 Å². The van der Waals surface area contributed by atoms with Crippen LogP contribution in [0.3, 0.4) is 0 Å². The molecule has 10 heteroatoms. The number of aliphatic imine (C=N–C) groups is 1. The average molecular weight is 373 g/mol. The molecule has 0 atom stereocenters. The van der Waals surface area contributed by atoms with E-state index in [2.05, 4.69) is 25.6 Å². The molecule has 0 spiro atoms. The first-order chi connectivity index (χ1) is 11.9. The lowest BCUT2D eigenvalue weighted by atomic mass is 10.3. The van der Waals surface area contributed by atoms with E-state index in [1.54, 1.807) is 26.4 Å². The highest BCUT2D eigenvalue weighted by Gasteiger charge is 2.33. The molecule has 2 rings (SSSR count). The molecule has 0 aliphatic carbocycles. The van der Waals surface area contributed by atoms with Crippen molar-refractivity contribution in [2.75, 3.05) is 20.7 Å². The molecule has 0 aliphatic rings. The van der Waals surface area contributed by atoms with E-state index in [1.807, 2.05) is 6.07 Å². The Morgan fingerprint density at radius 3 is 2.68 bits per heavy atom. The summed E-state index contributed by atoms with van der Waals surface area (Å²) < 4.78 is 42.5. The highest BCUT2D eigenvalue weighted by Crippen LogP contribution is 2.29. The molecule has 0 radical (unpaired) electrons. The van der Waals surface area contributed by atoms with E-state index >= 15 is 0 Å². The molecule has 136 valence electrons. The van der Waals surface area contributed by atoms with Crippen LogP contribution >= 0.6 is 11.3 Å². The molecule has 2 aromatic heterocycles. The molecule has 0 fully saturated rings. The van der Waals surface area contributed by atoms with Gasteiger partial charge in [0.25, 0.3) is 0 Å². The van der Waals surface area contributed by atoms with Crippen LogP contribution in [0.25, 0.3) is 0 Å². The van der Waals surface area contributed by atoms with Gasteiger partial charge in [-0.1, -0.05) is 6.07 Å². The number of hydrogen-bond acceptors (Lipinski definition) is 5. The van der Waals surface area contributed by atoms with E-state index < -0.39 is 11.9 Å². The lowest BCUT2D eigenvalue weighted by Gasteiger charge is -2.11. The second-order valence-corrected chi connectivity index (χ2v) is 5.88. The van der Waals surface area contributed by atoms with Crippen LogP contribution in [-0.2, 0) is 19.1 Å². The van der Waals surface area contributed by atoms with Crippen molar-refractivity contribution in [2.24, 2.45) is 4.99 Å². The fourth-order valence-electron chi connectivity index (χ4n) is 1.89. The average Bonchev–Trinajstić information content (AvgIpc) is 3.07. The molecule has 2 aromatic rings. The number of methoxy groups -OCH3 is 1. The molecule has 6 nitrogen and oxygen atoms in total. The number of ether oxygens (including phenoxy) is 1. The number of thiazole rings is 1. The summed E-state index contributed by atoms with van der Waals surface area (Å²) in [7, 11) is 3.17. The van der Waals surface area contributed by atoms with Gasteiger partial charge in [0, 0.05) is 44.2 Å². The van der Waals surface area contributed by atoms with Gasteiger partial charge < -0.3 is 15.4 Å². The predicted octanol–water partition coefficient (Wildman–Crippen LogP) is 2.47. The molecule has 0 bridgehead atoms. The van der Waals surface area contributed by atoms with Crippen LogP contribution in [0.4, 0.5) is 13.2 Å². The first-order valence-electron chi connectivity index (χ1n) is 7.37. The number of hydrogen-bond donors (Lipinski definition) is 2. The molecule has 25 heavy (non-hydrogen) atoms. The largest absolute Gasteiger partial charge is 0.481 e. The second-order valence-electron chi connectivity index (χ2n) is 4.94. The number of halogens is 3. The third kappa shape index (κ3) is 5.89. The molecule has 0 aliphatic heterocycles. The lowest BCUT2D eigenvalue weighted by molar-refractivity contribution is -0.140. The predicted molar refractivity (Wildman–Crippen MR) is 89.8 cm³/mol. The second kappa shape index (κ2) is 8.65. The fraction of sp³-hybridized carbons (Fsp3) is 0.400. The van der Waals surface area contributed by atoms with E-state index in [4.69, 9.17) is 4.74 Å². The Bertz CT molecular complexity index is 700. The summed E-state index contributed by atoms with van der Waals surface area (Å²) in [5.41, 5.74) is 0.0977. The minimum Gasteiger partial charge on any atom is -0.481 e. The Balaban J connectivity index is 1.77. The third-order valence-electron chi connectivity index (χ3n) is 3.16. The van der Waals surface area contributed by atoms with Crippen molar-refractivity contribution in [3.8, 4) is 5.88 Å². The van der Waals surface area contributed by atoms with Gasteiger partial charge in [-0.2, -0.15) is 13.2 Å². The van der Waals surface area contributed by atoms with Gasteiger partial charge in [0.1, 0.15) is 0 Å². The zero-order valence-corrected chi connectivity index (χ0v) is 14.5. The SMILES string of the molecule is CN=C(NCCc1nc(C(F)(F)F)cs1)NCc1ccc(OC)nc1. The summed E-state index contributed by atoms with van der Waals surface area (Å²) in [5, 5.41) is 7.59. The molecular formula is C15H18F3N5OS. The smallest absolute Gasteiger partial charge is 0.434 e. The number of nitrogens with zero attached hydrogens (tertiary/aromatic N) is 3. The summed E-state index contributed by atoms with van der Waals surface area (Å²) in [5.74, 6) is 1.08. The van der Waals surface area contributed by atoms with Crippen molar-refractivity contribution in [2.45, 2.75) is 19.1 Å². The van der Waals surface area contributed by atoms with E-state index in [1.165, 1.54) is 0 Å². The van der Waals surface area contributed by atoms with Crippen LogP contribution in [-0.4, -0.2) is 36.6 Å². The first-order valence-corrected chi connectivity index (χ1v) is 8.25. The fourth-order valence-corrected chi connectivity index (χ4v) is 2.69. The highest BCUT2D eigenvalue weighted by molar-refractivity contribution is 7.09. The molecule has 0 saturated carbocycles. The topological polar surface area (TPSA) is 71.4 Å². The number of guanidine groups is 1. The third-order valence-corrected chi connectivity index (χ3v) is 4.07. The van der Waals surface area contributed by atoms with Gasteiger partial charge in [-0.25, -0.2) is 9.97 Å². The number of aromatic nitrogens is 2. The van der Waals surface area contributed by atoms with E-state index in [0.29, 0.717) is 36.4 Å². The van der Waals surface area contributed by atoms with Gasteiger partial charge in [0.05, 0.1) is 12.1 Å². The minimum atomic E-state index is -4.40. The van der Waals surface area contributed by atoms with Crippen molar-refractivity contribution in [3.05, 3.63) is 40.0 Å². The number of alkyl halides is 3. The number of rotatable bonds is 6. The minimum absolute atomic E-state index is 0.380. The van der Waals surface area contributed by atoms with Crippen molar-refractivity contribution in [3.63, 3.8) is 0 Å². The molecule has 0 amide bonds. The van der Waals surface area contributed by atoms with Crippen molar-refractivity contribution < 1.29 is 17.9 Å². The van der Waals surface area contributed by atoms with Crippen molar-refractivity contribution in [1.29, 1.82) is 0 Å². The van der Waals surface area contributed by atoms with E-state index in [0.717, 1.165) is 22.3 Å². The molecule has 2 heterocycles. The van der Waals surface area contributed by atoms with Crippen molar-refractivity contribution >= 4 is 17.3 Å². The molecule has 0 aromatic carbocycles. The van der Waals surface area contributed by atoms with Crippen LogP contribution in [0, 0.1) is 0 Å². The zero-order valence-electron chi connectivity index (χ0n) is 13.7. The van der Waals surface area contributed by atoms with Crippen LogP contribution in [0.15, 0.2) is 28.7 Å². The van der Waals surface area contributed by atoms with Crippen LogP contribution in [0.5, 0.6) is 5.88 Å². The quantitative estimate of drug-likeness (QED) is 0.601. The molecule has 0 unspecified atom stereocenters. The van der Waals surface area contributed by atoms with E-state index in [9.17, 15) is 13.2 Å². The maximum atomic E-state index is 12.5. The summed E-state index contributed by atoms with van der Waals surface area (Å²) in [6, 6.07) is 3.63. The summed E-state index contributed by atoms with van der Waals surface area (Å²) >= 11 is 0.998. The van der Waals surface area contributed by atoms with Gasteiger partial charge >= 0.3 is 6.18 Å². The maximum Gasteiger partial charge on any atom is 0.434 e. The van der Waals surface area contributed by atoms with Crippen LogP contribution < -0.4 is 15.4 Å². The Hall–Kier alpha value is -2.36. The zero-order chi connectivity index (χ0) is 18.3. The normalized spacial score (nSPS) is 12.1. The van der Waals surface area contributed by atoms with Crippen LogP contribution in [0.2, 0.25) is 0 Å². The monoisotopic (exact) mass is 373 g/mol. The van der Waals surface area contributed by atoms with Crippen LogP contribution in [0.1, 0.15) is 16.3 Å². The number of nitrogens with one attached hydrogen (secondary N) is 2. The number of pyridine rings is 1. The maximum absolute atomic E-state index is 12.5. The molecular weight excluding hydrogens is 355 g/mol. The van der Waals surface area contributed by atoms with Gasteiger partial charge in [0.15, 0.2) is 11.7 Å². The first kappa shape index (κ1) is 19.0. The Morgan fingerprint density at radius 1 is 1.32 bits per heavy atom. The molecule has 2 N–H and O–H groups in total. The standard InChI is InChI=1S/C15H18F3N5OS/c1-19-14(22-8-10-3-4-12(24-2)21-7-10)20-6-5-13-23-11(9-25-13)15(16,17)18/h3-4,7,9H,5-6,8H2,1-2H3,(H2,19,20,22). The Labute approximate surface area is 147 Å². The Kier molecular flexibility index (Phi) is 6.57. The molecule has 0 saturated heterocycles.